The minimum Gasteiger partial charge on any atom is -0.277 e. The molecule has 2 aromatic rings. The van der Waals surface area contributed by atoms with E-state index in [9.17, 15) is 4.39 Å². The number of hydrogen-bond acceptors (Lipinski definition) is 2. The van der Waals surface area contributed by atoms with Gasteiger partial charge in [-0.1, -0.05) is 6.08 Å². The molecule has 1 aromatic heterocycles. The van der Waals surface area contributed by atoms with Crippen LogP contribution in [0, 0.1) is 19.7 Å². The molecule has 1 aromatic carbocycles. The normalized spacial score (nSPS) is 12.8. The quantitative estimate of drug-likeness (QED) is 0.804. The highest BCUT2D eigenvalue weighted by atomic mass is 19.1. The summed E-state index contributed by atoms with van der Waals surface area (Å²) >= 11 is 0. The van der Waals surface area contributed by atoms with Crippen molar-refractivity contribution >= 4 is 22.8 Å². The average Bonchev–Trinajstić information content (AvgIpc) is 2.84. The molecule has 4 heteroatoms. The smallest absolute Gasteiger partial charge is 0.131 e. The summed E-state index contributed by atoms with van der Waals surface area (Å²) < 4.78 is 14.2. The van der Waals surface area contributed by atoms with Crippen molar-refractivity contribution in [2.75, 3.05) is 0 Å². The van der Waals surface area contributed by atoms with E-state index < -0.39 is 0 Å². The van der Waals surface area contributed by atoms with Gasteiger partial charge in [0.05, 0.1) is 17.4 Å². The molecular weight excluding hydrogens is 229 g/mol. The van der Waals surface area contributed by atoms with Gasteiger partial charge >= 0.3 is 0 Å². The third-order valence-corrected chi connectivity index (χ3v) is 3.11. The molecule has 0 aliphatic carbocycles. The minimum absolute atomic E-state index is 0.201. The third-order valence-electron chi connectivity index (χ3n) is 3.11. The van der Waals surface area contributed by atoms with Gasteiger partial charge in [-0.05, 0) is 33.3 Å². The predicted molar refractivity (Wildman–Crippen MR) is 73.3 cm³/mol. The molecule has 0 atom stereocenters. The van der Waals surface area contributed by atoms with E-state index in [-0.39, 0.29) is 5.82 Å². The van der Waals surface area contributed by atoms with Crippen LogP contribution in [0.2, 0.25) is 0 Å². The molecule has 0 radical (unpaired) electrons. The van der Waals surface area contributed by atoms with E-state index in [1.807, 2.05) is 19.9 Å². The number of aliphatic imine (C=N–C) groups is 1. The van der Waals surface area contributed by atoms with Crippen molar-refractivity contribution in [2.45, 2.75) is 27.7 Å². The summed E-state index contributed by atoms with van der Waals surface area (Å²) in [6.45, 7) is 7.27. The van der Waals surface area contributed by atoms with Crippen LogP contribution >= 0.6 is 0 Å². The summed E-state index contributed by atoms with van der Waals surface area (Å²) in [5, 5.41) is 7.77. The molecule has 0 aliphatic rings. The van der Waals surface area contributed by atoms with Gasteiger partial charge in [0, 0.05) is 22.7 Å². The van der Waals surface area contributed by atoms with Crippen LogP contribution in [0.3, 0.4) is 0 Å². The summed E-state index contributed by atoms with van der Waals surface area (Å²) in [6.07, 6.45) is 5.31. The van der Waals surface area contributed by atoms with Gasteiger partial charge in [0.15, 0.2) is 0 Å². The molecule has 94 valence electrons. The number of halogens is 1. The fraction of sp³-hybridized carbons (Fsp3) is 0.286. The fourth-order valence-electron chi connectivity index (χ4n) is 2.22. The van der Waals surface area contributed by atoms with Gasteiger partial charge in [0.2, 0.25) is 0 Å². The molecule has 0 saturated carbocycles. The highest BCUT2D eigenvalue weighted by molar-refractivity contribution is 5.95. The molecule has 0 spiro atoms. The first-order valence-electron chi connectivity index (χ1n) is 5.88. The monoisotopic (exact) mass is 245 g/mol. The number of aromatic amines is 1. The first-order valence-corrected chi connectivity index (χ1v) is 5.88. The first kappa shape index (κ1) is 12.5. The van der Waals surface area contributed by atoms with E-state index >= 15 is 0 Å². The molecule has 0 fully saturated rings. The molecule has 1 heterocycles. The Labute approximate surface area is 105 Å². The second-order valence-electron chi connectivity index (χ2n) is 4.16. The number of nitrogens with zero attached hydrogens (tertiary/aromatic N) is 2. The molecule has 1 N–H and O–H groups in total. The minimum atomic E-state index is -0.201. The maximum absolute atomic E-state index is 14.2. The summed E-state index contributed by atoms with van der Waals surface area (Å²) in [5.74, 6) is -0.201. The number of rotatable bonds is 2. The van der Waals surface area contributed by atoms with Crippen LogP contribution < -0.4 is 0 Å². The number of allylic oxidation sites excluding steroid dienone is 1. The lowest BCUT2D eigenvalue weighted by atomic mass is 9.97. The van der Waals surface area contributed by atoms with Crippen LogP contribution in [0.15, 0.2) is 17.3 Å². The highest BCUT2D eigenvalue weighted by Gasteiger charge is 2.17. The molecule has 0 aliphatic heterocycles. The summed E-state index contributed by atoms with van der Waals surface area (Å²) in [6, 6.07) is 0. The first-order chi connectivity index (χ1) is 8.61. The van der Waals surface area contributed by atoms with Crippen LogP contribution in [-0.2, 0) is 0 Å². The number of fused-ring (bicyclic) bond motifs is 1. The lowest BCUT2D eigenvalue weighted by Gasteiger charge is -2.11. The lowest BCUT2D eigenvalue weighted by Crippen LogP contribution is -1.97. The van der Waals surface area contributed by atoms with Gasteiger partial charge in [-0.2, -0.15) is 5.10 Å². The van der Waals surface area contributed by atoms with Crippen molar-refractivity contribution in [3.63, 3.8) is 0 Å². The molecule has 0 bridgehead atoms. The standard InChI is InChI=1S/C14H16FN3/c1-5-11(16-6-2)12-8(3)13(15)9(4)14-10(12)7-17-18-14/h5-7H,1-4H3,(H,17,18)/b11-5-,16-6?. The van der Waals surface area contributed by atoms with Crippen LogP contribution in [0.1, 0.15) is 30.5 Å². The Kier molecular flexibility index (Phi) is 3.28. The van der Waals surface area contributed by atoms with Crippen molar-refractivity contribution < 1.29 is 4.39 Å². The van der Waals surface area contributed by atoms with Crippen LogP contribution in [-0.4, -0.2) is 16.4 Å². The average molecular weight is 245 g/mol. The topological polar surface area (TPSA) is 41.0 Å². The molecule has 0 saturated heterocycles. The number of hydrogen-bond donors (Lipinski definition) is 1. The fourth-order valence-corrected chi connectivity index (χ4v) is 2.22. The Hall–Kier alpha value is -1.97. The molecular formula is C14H16FN3. The van der Waals surface area contributed by atoms with Crippen molar-refractivity contribution in [2.24, 2.45) is 4.99 Å². The number of benzene rings is 1. The second kappa shape index (κ2) is 4.72. The molecule has 0 amide bonds. The van der Waals surface area contributed by atoms with E-state index in [4.69, 9.17) is 0 Å². The zero-order chi connectivity index (χ0) is 13.3. The Bertz CT molecular complexity index is 651. The SMILES string of the molecule is CC=N/C(=C\C)c1c(C)c(F)c(C)c2[nH]ncc12. The van der Waals surface area contributed by atoms with Crippen LogP contribution in [0.5, 0.6) is 0 Å². The van der Waals surface area contributed by atoms with Crippen molar-refractivity contribution in [1.82, 2.24) is 10.2 Å². The molecule has 2 rings (SSSR count). The maximum atomic E-state index is 14.2. The van der Waals surface area contributed by atoms with Gasteiger partial charge < -0.3 is 0 Å². The molecule has 3 nitrogen and oxygen atoms in total. The van der Waals surface area contributed by atoms with Crippen molar-refractivity contribution in [3.05, 3.63) is 34.8 Å². The molecule has 18 heavy (non-hydrogen) atoms. The van der Waals surface area contributed by atoms with E-state index in [0.717, 1.165) is 22.2 Å². The van der Waals surface area contributed by atoms with Gasteiger partial charge in [-0.25, -0.2) is 4.39 Å². The number of aryl methyl sites for hydroxylation is 1. The Morgan fingerprint density at radius 3 is 2.67 bits per heavy atom. The summed E-state index contributed by atoms with van der Waals surface area (Å²) in [4.78, 5) is 4.30. The van der Waals surface area contributed by atoms with E-state index in [0.29, 0.717) is 11.1 Å². The molecule has 0 unspecified atom stereocenters. The Morgan fingerprint density at radius 2 is 2.06 bits per heavy atom. The highest BCUT2D eigenvalue weighted by Crippen LogP contribution is 2.32. The summed E-state index contributed by atoms with van der Waals surface area (Å²) in [5.41, 5.74) is 3.52. The number of nitrogens with one attached hydrogen (secondary N) is 1. The maximum Gasteiger partial charge on any atom is 0.131 e. The van der Waals surface area contributed by atoms with Crippen LogP contribution in [0.25, 0.3) is 16.6 Å². The van der Waals surface area contributed by atoms with E-state index in [2.05, 4.69) is 15.2 Å². The Morgan fingerprint density at radius 1 is 1.33 bits per heavy atom. The van der Waals surface area contributed by atoms with Crippen LogP contribution in [0.4, 0.5) is 4.39 Å². The number of H-pyrrole nitrogens is 1. The van der Waals surface area contributed by atoms with E-state index in [1.54, 1.807) is 26.3 Å². The van der Waals surface area contributed by atoms with Gasteiger partial charge in [0.25, 0.3) is 0 Å². The number of aromatic nitrogens is 2. The second-order valence-corrected chi connectivity index (χ2v) is 4.16. The predicted octanol–water partition coefficient (Wildman–Crippen LogP) is 3.77. The zero-order valence-corrected chi connectivity index (χ0v) is 11.0. The summed E-state index contributed by atoms with van der Waals surface area (Å²) in [7, 11) is 0. The Balaban J connectivity index is 2.89. The van der Waals surface area contributed by atoms with Gasteiger partial charge in [-0.15, -0.1) is 0 Å². The lowest BCUT2D eigenvalue weighted by molar-refractivity contribution is 0.611. The van der Waals surface area contributed by atoms with Crippen molar-refractivity contribution in [3.8, 4) is 0 Å². The largest absolute Gasteiger partial charge is 0.277 e. The van der Waals surface area contributed by atoms with Crippen molar-refractivity contribution in [1.29, 1.82) is 0 Å². The zero-order valence-electron chi connectivity index (χ0n) is 11.0. The van der Waals surface area contributed by atoms with Gasteiger partial charge in [0.1, 0.15) is 5.82 Å². The van der Waals surface area contributed by atoms with Gasteiger partial charge in [-0.3, -0.25) is 10.1 Å². The van der Waals surface area contributed by atoms with E-state index in [1.165, 1.54) is 0 Å². The third kappa shape index (κ3) is 1.74.